The molecule has 3 saturated heterocycles. The van der Waals surface area contributed by atoms with Crippen molar-refractivity contribution in [3.8, 4) is 5.75 Å². The molecule has 1 aromatic rings. The number of carbonyl (C=O) groups is 2. The highest BCUT2D eigenvalue weighted by molar-refractivity contribution is 5.96. The molecule has 0 unspecified atom stereocenters. The minimum Gasteiger partial charge on any atom is -0.493 e. The van der Waals surface area contributed by atoms with E-state index in [9.17, 15) is 9.59 Å². The normalized spacial score (nSPS) is 32.0. The van der Waals surface area contributed by atoms with Crippen molar-refractivity contribution in [2.24, 2.45) is 5.92 Å². The molecule has 0 aliphatic carbocycles. The van der Waals surface area contributed by atoms with Gasteiger partial charge in [0.2, 0.25) is 5.91 Å². The van der Waals surface area contributed by atoms with Gasteiger partial charge in [0.25, 0.3) is 5.91 Å². The molecule has 0 N–H and O–H groups in total. The zero-order valence-corrected chi connectivity index (χ0v) is 15.2. The Morgan fingerprint density at radius 1 is 1.35 bits per heavy atom. The molecule has 4 aliphatic rings. The van der Waals surface area contributed by atoms with Crippen LogP contribution in [0.5, 0.6) is 5.75 Å². The number of ether oxygens (including phenoxy) is 2. The standard InChI is InChI=1S/C20H24N2O4/c1-12(2)15-11-26-20-6-7-21(17(20)10-18(23)22(15)20)19(24)14-3-4-16-13(9-14)5-8-25-16/h3-4,9,12,15,17H,5-8,10-11H2,1-2H3/t15-,17+,20-/m0/s1. The molecule has 138 valence electrons. The Hall–Kier alpha value is -2.08. The largest absolute Gasteiger partial charge is 0.493 e. The predicted octanol–water partition coefficient (Wildman–Crippen LogP) is 1.82. The lowest BCUT2D eigenvalue weighted by Gasteiger charge is -2.34. The Balaban J connectivity index is 1.44. The third kappa shape index (κ3) is 2.02. The van der Waals surface area contributed by atoms with Crippen LogP contribution < -0.4 is 4.74 Å². The molecule has 0 bridgehead atoms. The molecule has 0 aromatic heterocycles. The zero-order valence-electron chi connectivity index (χ0n) is 15.2. The third-order valence-electron chi connectivity index (χ3n) is 6.45. The Kier molecular flexibility index (Phi) is 3.38. The highest BCUT2D eigenvalue weighted by Gasteiger charge is 2.65. The summed E-state index contributed by atoms with van der Waals surface area (Å²) in [6.07, 6.45) is 1.91. The van der Waals surface area contributed by atoms with E-state index < -0.39 is 5.72 Å². The van der Waals surface area contributed by atoms with E-state index in [1.54, 1.807) is 0 Å². The molecule has 2 amide bonds. The summed E-state index contributed by atoms with van der Waals surface area (Å²) >= 11 is 0. The van der Waals surface area contributed by atoms with E-state index in [0.29, 0.717) is 44.1 Å². The summed E-state index contributed by atoms with van der Waals surface area (Å²) in [5.74, 6) is 1.33. The minimum atomic E-state index is -0.610. The van der Waals surface area contributed by atoms with Gasteiger partial charge in [-0.05, 0) is 29.7 Å². The van der Waals surface area contributed by atoms with Gasteiger partial charge in [0.05, 0.1) is 31.7 Å². The van der Waals surface area contributed by atoms with E-state index in [2.05, 4.69) is 13.8 Å². The summed E-state index contributed by atoms with van der Waals surface area (Å²) in [6, 6.07) is 5.58. The molecule has 6 heteroatoms. The van der Waals surface area contributed by atoms with Crippen LogP contribution in [0.25, 0.3) is 0 Å². The first-order valence-electron chi connectivity index (χ1n) is 9.54. The van der Waals surface area contributed by atoms with Gasteiger partial charge in [-0.2, -0.15) is 0 Å². The number of hydrogen-bond donors (Lipinski definition) is 0. The summed E-state index contributed by atoms with van der Waals surface area (Å²) in [6.45, 7) is 6.12. The lowest BCUT2D eigenvalue weighted by molar-refractivity contribution is -0.139. The van der Waals surface area contributed by atoms with Crippen LogP contribution in [0.4, 0.5) is 0 Å². The van der Waals surface area contributed by atoms with E-state index in [-0.39, 0.29) is 23.9 Å². The van der Waals surface area contributed by atoms with Gasteiger partial charge < -0.3 is 19.3 Å². The number of fused-ring (bicyclic) bond motifs is 1. The van der Waals surface area contributed by atoms with Crippen molar-refractivity contribution in [3.63, 3.8) is 0 Å². The molecule has 4 heterocycles. The van der Waals surface area contributed by atoms with E-state index in [4.69, 9.17) is 9.47 Å². The first kappa shape index (κ1) is 16.1. The van der Waals surface area contributed by atoms with E-state index in [0.717, 1.165) is 17.7 Å². The molecule has 0 saturated carbocycles. The first-order valence-corrected chi connectivity index (χ1v) is 9.54. The summed E-state index contributed by atoms with van der Waals surface area (Å²) in [7, 11) is 0. The van der Waals surface area contributed by atoms with Crippen molar-refractivity contribution in [2.75, 3.05) is 19.8 Å². The van der Waals surface area contributed by atoms with Crippen LogP contribution in [0.2, 0.25) is 0 Å². The summed E-state index contributed by atoms with van der Waals surface area (Å²) in [5.41, 5.74) is 1.16. The van der Waals surface area contributed by atoms with Crippen LogP contribution in [-0.4, -0.2) is 59.2 Å². The second kappa shape index (κ2) is 5.46. The molecule has 6 nitrogen and oxygen atoms in total. The van der Waals surface area contributed by atoms with Gasteiger partial charge in [-0.3, -0.25) is 9.59 Å². The average Bonchev–Trinajstić information content (AvgIpc) is 3.35. The van der Waals surface area contributed by atoms with Gasteiger partial charge in [0.15, 0.2) is 5.72 Å². The van der Waals surface area contributed by atoms with E-state index in [1.807, 2.05) is 28.0 Å². The van der Waals surface area contributed by atoms with Crippen LogP contribution in [0, 0.1) is 5.92 Å². The van der Waals surface area contributed by atoms with Crippen molar-refractivity contribution in [2.45, 2.75) is 50.9 Å². The first-order chi connectivity index (χ1) is 12.5. The maximum absolute atomic E-state index is 13.2. The number of rotatable bonds is 2. The Morgan fingerprint density at radius 2 is 2.19 bits per heavy atom. The molecule has 5 rings (SSSR count). The van der Waals surface area contributed by atoms with Crippen LogP contribution in [0.1, 0.15) is 42.6 Å². The quantitative estimate of drug-likeness (QED) is 0.811. The van der Waals surface area contributed by atoms with E-state index >= 15 is 0 Å². The van der Waals surface area contributed by atoms with Crippen LogP contribution in [0.15, 0.2) is 18.2 Å². The fourth-order valence-electron chi connectivity index (χ4n) is 5.10. The van der Waals surface area contributed by atoms with Crippen molar-refractivity contribution in [3.05, 3.63) is 29.3 Å². The molecule has 3 atom stereocenters. The van der Waals surface area contributed by atoms with Gasteiger partial charge in [-0.15, -0.1) is 0 Å². The van der Waals surface area contributed by atoms with Crippen molar-refractivity contribution in [1.82, 2.24) is 9.80 Å². The highest BCUT2D eigenvalue weighted by atomic mass is 16.5. The lowest BCUT2D eigenvalue weighted by atomic mass is 10.0. The van der Waals surface area contributed by atoms with Crippen molar-refractivity contribution < 1.29 is 19.1 Å². The smallest absolute Gasteiger partial charge is 0.254 e. The highest BCUT2D eigenvalue weighted by Crippen LogP contribution is 2.49. The number of carbonyl (C=O) groups excluding carboxylic acids is 2. The fraction of sp³-hybridized carbons (Fsp3) is 0.600. The average molecular weight is 356 g/mol. The van der Waals surface area contributed by atoms with Crippen LogP contribution in [-0.2, 0) is 16.0 Å². The van der Waals surface area contributed by atoms with Gasteiger partial charge in [-0.25, -0.2) is 0 Å². The zero-order chi connectivity index (χ0) is 18.1. The van der Waals surface area contributed by atoms with Gasteiger partial charge in [-0.1, -0.05) is 13.8 Å². The molecule has 0 radical (unpaired) electrons. The van der Waals surface area contributed by atoms with Crippen LogP contribution >= 0.6 is 0 Å². The monoisotopic (exact) mass is 356 g/mol. The molecule has 26 heavy (non-hydrogen) atoms. The van der Waals surface area contributed by atoms with Crippen LogP contribution in [0.3, 0.4) is 0 Å². The fourth-order valence-corrected chi connectivity index (χ4v) is 5.10. The SMILES string of the molecule is CC(C)[C@@H]1CO[C@@]23CCN(C(=O)c4ccc5c(c4)CCO5)[C@@H]2CC(=O)N13. The van der Waals surface area contributed by atoms with Gasteiger partial charge in [0, 0.05) is 24.9 Å². The third-order valence-corrected chi connectivity index (χ3v) is 6.45. The molecule has 1 spiro atoms. The number of hydrogen-bond acceptors (Lipinski definition) is 4. The van der Waals surface area contributed by atoms with Crippen molar-refractivity contribution >= 4 is 11.8 Å². The second-order valence-corrected chi connectivity index (χ2v) is 8.12. The second-order valence-electron chi connectivity index (χ2n) is 8.12. The molecular weight excluding hydrogens is 332 g/mol. The minimum absolute atomic E-state index is 0.00665. The summed E-state index contributed by atoms with van der Waals surface area (Å²) < 4.78 is 11.8. The predicted molar refractivity (Wildman–Crippen MR) is 93.9 cm³/mol. The maximum Gasteiger partial charge on any atom is 0.254 e. The molecular formula is C20H24N2O4. The number of likely N-dealkylation sites (tertiary alicyclic amines) is 1. The number of nitrogens with zero attached hydrogens (tertiary/aromatic N) is 2. The number of benzene rings is 1. The maximum atomic E-state index is 13.2. The molecule has 3 fully saturated rings. The topological polar surface area (TPSA) is 59.1 Å². The van der Waals surface area contributed by atoms with Gasteiger partial charge in [0.1, 0.15) is 5.75 Å². The van der Waals surface area contributed by atoms with Gasteiger partial charge >= 0.3 is 0 Å². The Morgan fingerprint density at radius 3 is 3.00 bits per heavy atom. The summed E-state index contributed by atoms with van der Waals surface area (Å²) in [5, 5.41) is 0. The number of amides is 2. The molecule has 1 aromatic carbocycles. The molecule has 4 aliphatic heterocycles. The summed E-state index contributed by atoms with van der Waals surface area (Å²) in [4.78, 5) is 29.7. The Bertz CT molecular complexity index is 792. The lowest BCUT2D eigenvalue weighted by Crippen LogP contribution is -2.51. The Labute approximate surface area is 153 Å². The van der Waals surface area contributed by atoms with Crippen molar-refractivity contribution in [1.29, 1.82) is 0 Å². The van der Waals surface area contributed by atoms with E-state index in [1.165, 1.54) is 0 Å².